The molecule has 0 bridgehead atoms. The van der Waals surface area contributed by atoms with Gasteiger partial charge in [0.15, 0.2) is 11.5 Å². The van der Waals surface area contributed by atoms with Crippen molar-refractivity contribution in [1.29, 1.82) is 0 Å². The standard InChI is InChI=1S/C27H27NO5S/c1-3-4-10-17-33-25-16-15-21(19-26(25)32-2)27(29)24-18-20-11-8-9-14-23(20)28(24)34(30,31)22-12-6-5-7-13-22/h5-9,11-16,18-19H,3-4,10,17H2,1-2H3. The lowest BCUT2D eigenvalue weighted by molar-refractivity contribution is 0.103. The Morgan fingerprint density at radius 3 is 2.35 bits per heavy atom. The molecule has 0 aliphatic rings. The van der Waals surface area contributed by atoms with E-state index in [0.29, 0.717) is 34.6 Å². The molecule has 1 aromatic heterocycles. The fraction of sp³-hybridized carbons (Fsp3) is 0.222. The van der Waals surface area contributed by atoms with Gasteiger partial charge in [-0.15, -0.1) is 0 Å². The Labute approximate surface area is 199 Å². The first-order chi connectivity index (χ1) is 16.5. The summed E-state index contributed by atoms with van der Waals surface area (Å²) in [5.41, 5.74) is 0.811. The fourth-order valence-corrected chi connectivity index (χ4v) is 5.39. The number of fused-ring (bicyclic) bond motifs is 1. The van der Waals surface area contributed by atoms with Gasteiger partial charge in [-0.05, 0) is 48.9 Å². The summed E-state index contributed by atoms with van der Waals surface area (Å²) in [6.07, 6.45) is 3.09. The smallest absolute Gasteiger partial charge is 0.268 e. The van der Waals surface area contributed by atoms with E-state index in [1.54, 1.807) is 60.7 Å². The predicted octanol–water partition coefficient (Wildman–Crippen LogP) is 5.69. The highest BCUT2D eigenvalue weighted by atomic mass is 32.2. The third kappa shape index (κ3) is 4.56. The van der Waals surface area contributed by atoms with Crippen LogP contribution in [-0.4, -0.2) is 31.9 Å². The van der Waals surface area contributed by atoms with Crippen molar-refractivity contribution in [2.75, 3.05) is 13.7 Å². The van der Waals surface area contributed by atoms with E-state index in [1.807, 2.05) is 6.07 Å². The van der Waals surface area contributed by atoms with Crippen LogP contribution in [0.5, 0.6) is 11.5 Å². The molecular formula is C27H27NO5S. The third-order valence-corrected chi connectivity index (χ3v) is 7.35. The summed E-state index contributed by atoms with van der Waals surface area (Å²) in [6, 6.07) is 21.7. The first-order valence-corrected chi connectivity index (χ1v) is 12.7. The topological polar surface area (TPSA) is 74.6 Å². The number of carbonyl (C=O) groups excluding carboxylic acids is 1. The monoisotopic (exact) mass is 477 g/mol. The molecule has 0 saturated carbocycles. The summed E-state index contributed by atoms with van der Waals surface area (Å²) < 4.78 is 39.6. The lowest BCUT2D eigenvalue weighted by Gasteiger charge is -2.14. The minimum atomic E-state index is -4.01. The van der Waals surface area contributed by atoms with Gasteiger partial charge in [0.05, 0.1) is 24.1 Å². The van der Waals surface area contributed by atoms with Gasteiger partial charge in [-0.1, -0.05) is 56.2 Å². The first kappa shape index (κ1) is 23.6. The molecule has 6 nitrogen and oxygen atoms in total. The summed E-state index contributed by atoms with van der Waals surface area (Å²) in [6.45, 7) is 2.68. The van der Waals surface area contributed by atoms with Crippen molar-refractivity contribution >= 4 is 26.7 Å². The highest BCUT2D eigenvalue weighted by Gasteiger charge is 2.27. The van der Waals surface area contributed by atoms with E-state index in [2.05, 4.69) is 6.92 Å². The highest BCUT2D eigenvalue weighted by molar-refractivity contribution is 7.90. The zero-order valence-corrected chi connectivity index (χ0v) is 20.0. The minimum absolute atomic E-state index is 0.0590. The van der Waals surface area contributed by atoms with Crippen LogP contribution in [0.3, 0.4) is 0 Å². The lowest BCUT2D eigenvalue weighted by Crippen LogP contribution is -2.19. The summed E-state index contributed by atoms with van der Waals surface area (Å²) >= 11 is 0. The van der Waals surface area contributed by atoms with E-state index in [9.17, 15) is 13.2 Å². The number of aromatic nitrogens is 1. The van der Waals surface area contributed by atoms with Crippen LogP contribution >= 0.6 is 0 Å². The second kappa shape index (κ2) is 10.1. The van der Waals surface area contributed by atoms with E-state index in [4.69, 9.17) is 9.47 Å². The van der Waals surface area contributed by atoms with Gasteiger partial charge in [0, 0.05) is 10.9 Å². The van der Waals surface area contributed by atoms with Crippen LogP contribution in [-0.2, 0) is 10.0 Å². The Morgan fingerprint density at radius 1 is 0.882 bits per heavy atom. The van der Waals surface area contributed by atoms with Crippen molar-refractivity contribution in [1.82, 2.24) is 3.97 Å². The average molecular weight is 478 g/mol. The maximum atomic E-state index is 13.6. The minimum Gasteiger partial charge on any atom is -0.493 e. The van der Waals surface area contributed by atoms with Gasteiger partial charge >= 0.3 is 0 Å². The number of hydrogen-bond acceptors (Lipinski definition) is 5. The van der Waals surface area contributed by atoms with E-state index in [-0.39, 0.29) is 10.6 Å². The molecule has 0 saturated heterocycles. The number of rotatable bonds is 10. The SMILES string of the molecule is CCCCCOc1ccc(C(=O)c2cc3ccccc3n2S(=O)(=O)c2ccccc2)cc1OC. The zero-order valence-electron chi connectivity index (χ0n) is 19.2. The van der Waals surface area contributed by atoms with Gasteiger partial charge in [-0.25, -0.2) is 12.4 Å². The van der Waals surface area contributed by atoms with Crippen molar-refractivity contribution < 1.29 is 22.7 Å². The molecule has 0 atom stereocenters. The summed E-state index contributed by atoms with van der Waals surface area (Å²) in [5.74, 6) is 0.551. The number of unbranched alkanes of at least 4 members (excludes halogenated alkanes) is 2. The number of nitrogens with zero attached hydrogens (tertiary/aromatic N) is 1. The fourth-order valence-electron chi connectivity index (χ4n) is 3.85. The molecule has 4 aromatic rings. The molecule has 0 aliphatic heterocycles. The average Bonchev–Trinajstić information content (AvgIpc) is 3.27. The summed E-state index contributed by atoms with van der Waals surface area (Å²) in [5, 5.41) is 0.660. The number of para-hydroxylation sites is 1. The Kier molecular flexibility index (Phi) is 7.03. The molecule has 0 unspecified atom stereocenters. The Morgan fingerprint density at radius 2 is 1.62 bits per heavy atom. The Bertz CT molecular complexity index is 1410. The third-order valence-electron chi connectivity index (χ3n) is 5.61. The van der Waals surface area contributed by atoms with Gasteiger partial charge in [-0.3, -0.25) is 4.79 Å². The molecule has 0 aliphatic carbocycles. The molecule has 0 N–H and O–H groups in total. The molecule has 34 heavy (non-hydrogen) atoms. The summed E-state index contributed by atoms with van der Waals surface area (Å²) in [4.78, 5) is 13.7. The number of hydrogen-bond donors (Lipinski definition) is 0. The van der Waals surface area contributed by atoms with Gasteiger partial charge in [0.25, 0.3) is 10.0 Å². The molecule has 4 rings (SSSR count). The quantitative estimate of drug-likeness (QED) is 0.217. The van der Waals surface area contributed by atoms with Crippen LogP contribution in [0.4, 0.5) is 0 Å². The number of ether oxygens (including phenoxy) is 2. The highest BCUT2D eigenvalue weighted by Crippen LogP contribution is 2.31. The van der Waals surface area contributed by atoms with Crippen molar-refractivity contribution in [3.63, 3.8) is 0 Å². The van der Waals surface area contributed by atoms with Gasteiger partial charge in [0.1, 0.15) is 5.69 Å². The first-order valence-electron chi connectivity index (χ1n) is 11.2. The van der Waals surface area contributed by atoms with Gasteiger partial charge < -0.3 is 9.47 Å². The molecule has 0 fully saturated rings. The van der Waals surface area contributed by atoms with Gasteiger partial charge in [0.2, 0.25) is 5.78 Å². The Balaban J connectivity index is 1.77. The van der Waals surface area contributed by atoms with E-state index in [1.165, 1.54) is 19.2 Å². The molecule has 1 heterocycles. The molecule has 0 amide bonds. The lowest BCUT2D eigenvalue weighted by atomic mass is 10.1. The van der Waals surface area contributed by atoms with Crippen LogP contribution < -0.4 is 9.47 Å². The van der Waals surface area contributed by atoms with Crippen LogP contribution in [0.25, 0.3) is 10.9 Å². The predicted molar refractivity (Wildman–Crippen MR) is 132 cm³/mol. The number of methoxy groups -OCH3 is 1. The number of carbonyl (C=O) groups is 1. The second-order valence-electron chi connectivity index (χ2n) is 7.92. The maximum Gasteiger partial charge on any atom is 0.268 e. The number of benzene rings is 3. The van der Waals surface area contributed by atoms with Crippen molar-refractivity contribution in [2.24, 2.45) is 0 Å². The van der Waals surface area contributed by atoms with Crippen LogP contribution in [0.2, 0.25) is 0 Å². The molecule has 0 spiro atoms. The summed E-state index contributed by atoms with van der Waals surface area (Å²) in [7, 11) is -2.49. The van der Waals surface area contributed by atoms with Crippen LogP contribution in [0.1, 0.15) is 42.2 Å². The normalized spacial score (nSPS) is 11.5. The van der Waals surface area contributed by atoms with Crippen molar-refractivity contribution in [3.05, 3.63) is 90.1 Å². The molecule has 3 aromatic carbocycles. The van der Waals surface area contributed by atoms with E-state index < -0.39 is 15.8 Å². The van der Waals surface area contributed by atoms with Crippen LogP contribution in [0.15, 0.2) is 83.8 Å². The zero-order chi connectivity index (χ0) is 24.1. The number of ketones is 1. The van der Waals surface area contributed by atoms with E-state index in [0.717, 1.165) is 23.2 Å². The largest absolute Gasteiger partial charge is 0.493 e. The van der Waals surface area contributed by atoms with Crippen LogP contribution in [0, 0.1) is 0 Å². The Hall–Kier alpha value is -3.58. The molecule has 0 radical (unpaired) electrons. The van der Waals surface area contributed by atoms with E-state index >= 15 is 0 Å². The second-order valence-corrected chi connectivity index (χ2v) is 9.71. The molecule has 176 valence electrons. The van der Waals surface area contributed by atoms with Gasteiger partial charge in [-0.2, -0.15) is 0 Å². The molecule has 7 heteroatoms. The molecular weight excluding hydrogens is 450 g/mol. The van der Waals surface area contributed by atoms with Crippen molar-refractivity contribution in [3.8, 4) is 11.5 Å². The maximum absolute atomic E-state index is 13.6. The van der Waals surface area contributed by atoms with Crippen molar-refractivity contribution in [2.45, 2.75) is 31.1 Å².